The number of aliphatic hydroxyl groups excluding tert-OH is 1. The van der Waals surface area contributed by atoms with Crippen molar-refractivity contribution >= 4 is 11.8 Å². The zero-order chi connectivity index (χ0) is 15.1. The summed E-state index contributed by atoms with van der Waals surface area (Å²) in [5, 5.41) is 14.5. The van der Waals surface area contributed by atoms with Crippen molar-refractivity contribution in [2.45, 2.75) is 24.0 Å². The van der Waals surface area contributed by atoms with E-state index in [1.165, 1.54) is 0 Å². The quantitative estimate of drug-likeness (QED) is 0.735. The highest BCUT2D eigenvalue weighted by Gasteiger charge is 2.30. The Hall–Kier alpha value is -1.30. The Morgan fingerprint density at radius 3 is 2.67 bits per heavy atom. The van der Waals surface area contributed by atoms with Crippen LogP contribution < -0.4 is 5.32 Å². The van der Waals surface area contributed by atoms with Gasteiger partial charge in [-0.1, -0.05) is 49.0 Å². The molecule has 0 aliphatic carbocycles. The molecule has 2 aromatic rings. The van der Waals surface area contributed by atoms with Crippen LogP contribution in [0.4, 0.5) is 0 Å². The van der Waals surface area contributed by atoms with Crippen LogP contribution in [0.3, 0.4) is 0 Å². The van der Waals surface area contributed by atoms with Gasteiger partial charge >= 0.3 is 0 Å². The van der Waals surface area contributed by atoms with Gasteiger partial charge in [0.2, 0.25) is 0 Å². The minimum absolute atomic E-state index is 0.0893. The van der Waals surface area contributed by atoms with Crippen LogP contribution >= 0.6 is 11.8 Å². The summed E-state index contributed by atoms with van der Waals surface area (Å²) in [5.74, 6) is 0.896. The molecule has 1 aromatic heterocycles. The molecule has 0 saturated heterocycles. The molecule has 0 radical (unpaired) electrons. The number of likely N-dealkylation sites (N-methyl/N-ethyl adjacent to an activating group) is 1. The van der Waals surface area contributed by atoms with Crippen LogP contribution in [0.1, 0.15) is 18.9 Å². The summed E-state index contributed by atoms with van der Waals surface area (Å²) in [6, 6.07) is 10.2. The molecule has 21 heavy (non-hydrogen) atoms. The van der Waals surface area contributed by atoms with Gasteiger partial charge in [-0.15, -0.1) is 0 Å². The molecule has 0 aliphatic rings. The summed E-state index contributed by atoms with van der Waals surface area (Å²) in [7, 11) is 2.00. The smallest absolute Gasteiger partial charge is 0.167 e. The first-order chi connectivity index (χ1) is 10.2. The van der Waals surface area contributed by atoms with Crippen LogP contribution in [0.25, 0.3) is 0 Å². The van der Waals surface area contributed by atoms with Gasteiger partial charge in [-0.2, -0.15) is 0 Å². The van der Waals surface area contributed by atoms with Gasteiger partial charge in [0.05, 0.1) is 12.1 Å². The second-order valence-electron chi connectivity index (χ2n) is 5.06. The highest BCUT2D eigenvalue weighted by Crippen LogP contribution is 2.28. The first-order valence-electron chi connectivity index (χ1n) is 7.23. The molecule has 5 heteroatoms. The maximum absolute atomic E-state index is 9.98. The number of aliphatic hydroxyl groups is 1. The molecule has 2 N–H and O–H groups in total. The number of imidazole rings is 1. The lowest BCUT2D eigenvalue weighted by molar-refractivity contribution is 0.158. The number of hydrogen-bond acceptors (Lipinski definition) is 4. The van der Waals surface area contributed by atoms with Crippen molar-refractivity contribution < 1.29 is 5.11 Å². The lowest BCUT2D eigenvalue weighted by atomic mass is 9.88. The predicted octanol–water partition coefficient (Wildman–Crippen LogP) is 2.40. The number of aryl methyl sites for hydroxylation is 1. The SMILES string of the molecule is CCNC(CO)(CCSc1nccn1C)c1ccccc1. The maximum Gasteiger partial charge on any atom is 0.167 e. The van der Waals surface area contributed by atoms with Crippen molar-refractivity contribution in [3.8, 4) is 0 Å². The molecule has 1 heterocycles. The topological polar surface area (TPSA) is 50.1 Å². The number of thioether (sulfide) groups is 1. The van der Waals surface area contributed by atoms with Gasteiger partial charge in [-0.05, 0) is 18.5 Å². The highest BCUT2D eigenvalue weighted by molar-refractivity contribution is 7.99. The third kappa shape index (κ3) is 3.87. The number of nitrogens with one attached hydrogen (secondary N) is 1. The van der Waals surface area contributed by atoms with Crippen molar-refractivity contribution in [2.75, 3.05) is 18.9 Å². The van der Waals surface area contributed by atoms with Gasteiger partial charge in [0.15, 0.2) is 5.16 Å². The second kappa shape index (κ2) is 7.64. The molecule has 2 rings (SSSR count). The van der Waals surface area contributed by atoms with Gasteiger partial charge in [0.25, 0.3) is 0 Å². The second-order valence-corrected chi connectivity index (χ2v) is 6.12. The number of aromatic nitrogens is 2. The monoisotopic (exact) mass is 305 g/mol. The molecule has 0 bridgehead atoms. The summed E-state index contributed by atoms with van der Waals surface area (Å²) in [5.41, 5.74) is 0.753. The van der Waals surface area contributed by atoms with E-state index in [4.69, 9.17) is 0 Å². The van der Waals surface area contributed by atoms with E-state index in [0.717, 1.165) is 29.4 Å². The largest absolute Gasteiger partial charge is 0.394 e. The Morgan fingerprint density at radius 1 is 1.33 bits per heavy atom. The molecule has 0 aliphatic heterocycles. The first kappa shape index (κ1) is 16.1. The fourth-order valence-corrected chi connectivity index (χ4v) is 3.50. The predicted molar refractivity (Wildman–Crippen MR) is 87.4 cm³/mol. The van der Waals surface area contributed by atoms with E-state index in [1.54, 1.807) is 11.8 Å². The van der Waals surface area contributed by atoms with Crippen LogP contribution in [0, 0.1) is 0 Å². The van der Waals surface area contributed by atoms with E-state index < -0.39 is 0 Å². The Bertz CT molecular complexity index is 543. The average Bonchev–Trinajstić information content (AvgIpc) is 2.92. The fraction of sp³-hybridized carbons (Fsp3) is 0.438. The Morgan fingerprint density at radius 2 is 2.10 bits per heavy atom. The molecule has 1 atom stereocenters. The molecular weight excluding hydrogens is 282 g/mol. The first-order valence-corrected chi connectivity index (χ1v) is 8.22. The molecule has 1 aromatic carbocycles. The fourth-order valence-electron chi connectivity index (χ4n) is 2.46. The zero-order valence-electron chi connectivity index (χ0n) is 12.6. The van der Waals surface area contributed by atoms with E-state index >= 15 is 0 Å². The van der Waals surface area contributed by atoms with Crippen molar-refractivity contribution in [1.82, 2.24) is 14.9 Å². The van der Waals surface area contributed by atoms with Crippen LogP contribution in [-0.4, -0.2) is 33.6 Å². The van der Waals surface area contributed by atoms with Crippen LogP contribution in [0.15, 0.2) is 47.9 Å². The van der Waals surface area contributed by atoms with Gasteiger partial charge in [0, 0.05) is 25.2 Å². The average molecular weight is 305 g/mol. The van der Waals surface area contributed by atoms with E-state index in [1.807, 2.05) is 42.2 Å². The lowest BCUT2D eigenvalue weighted by Crippen LogP contribution is -2.46. The maximum atomic E-state index is 9.98. The van der Waals surface area contributed by atoms with Crippen LogP contribution in [0.5, 0.6) is 0 Å². The molecule has 1 unspecified atom stereocenters. The van der Waals surface area contributed by atoms with Gasteiger partial charge in [-0.3, -0.25) is 0 Å². The Kier molecular flexibility index (Phi) is 5.85. The van der Waals surface area contributed by atoms with Crippen molar-refractivity contribution in [1.29, 1.82) is 0 Å². The molecule has 0 spiro atoms. The van der Waals surface area contributed by atoms with Crippen LogP contribution in [-0.2, 0) is 12.6 Å². The molecular formula is C16H23N3OS. The van der Waals surface area contributed by atoms with E-state index in [2.05, 4.69) is 29.4 Å². The number of rotatable bonds is 8. The van der Waals surface area contributed by atoms with Gasteiger partial charge in [-0.25, -0.2) is 4.98 Å². The number of nitrogens with zero attached hydrogens (tertiary/aromatic N) is 2. The molecule has 0 amide bonds. The zero-order valence-corrected chi connectivity index (χ0v) is 13.4. The summed E-state index contributed by atoms with van der Waals surface area (Å²) < 4.78 is 2.01. The number of benzene rings is 1. The summed E-state index contributed by atoms with van der Waals surface area (Å²) in [6.07, 6.45) is 4.60. The van der Waals surface area contributed by atoms with Gasteiger partial charge in [0.1, 0.15) is 0 Å². The Balaban J connectivity index is 2.08. The summed E-state index contributed by atoms with van der Waals surface area (Å²) in [6.45, 7) is 2.98. The standard InChI is InChI=1S/C16H23N3OS/c1-3-18-16(13-20,14-7-5-4-6-8-14)9-12-21-15-17-10-11-19(15)2/h4-8,10-11,18,20H,3,9,12-13H2,1-2H3. The van der Waals surface area contributed by atoms with Crippen molar-refractivity contribution in [3.05, 3.63) is 48.3 Å². The molecule has 4 nitrogen and oxygen atoms in total. The third-order valence-electron chi connectivity index (χ3n) is 3.65. The Labute approximate surface area is 130 Å². The van der Waals surface area contributed by atoms with Crippen molar-refractivity contribution in [3.63, 3.8) is 0 Å². The van der Waals surface area contributed by atoms with Crippen LogP contribution in [0.2, 0.25) is 0 Å². The number of hydrogen-bond donors (Lipinski definition) is 2. The normalized spacial score (nSPS) is 14.0. The summed E-state index contributed by atoms with van der Waals surface area (Å²) >= 11 is 1.72. The summed E-state index contributed by atoms with van der Waals surface area (Å²) in [4.78, 5) is 4.32. The van der Waals surface area contributed by atoms with E-state index in [9.17, 15) is 5.11 Å². The lowest BCUT2D eigenvalue weighted by Gasteiger charge is -2.33. The van der Waals surface area contributed by atoms with E-state index in [-0.39, 0.29) is 12.1 Å². The van der Waals surface area contributed by atoms with E-state index in [0.29, 0.717) is 0 Å². The van der Waals surface area contributed by atoms with Crippen molar-refractivity contribution in [2.24, 2.45) is 7.05 Å². The molecule has 114 valence electrons. The highest BCUT2D eigenvalue weighted by atomic mass is 32.2. The third-order valence-corrected chi connectivity index (χ3v) is 4.71. The van der Waals surface area contributed by atoms with Gasteiger partial charge < -0.3 is 15.0 Å². The minimum Gasteiger partial charge on any atom is -0.394 e. The minimum atomic E-state index is -0.381. The molecule has 0 saturated carbocycles. The molecule has 0 fully saturated rings.